The molecule has 0 aromatic carbocycles. The second kappa shape index (κ2) is 7.03. The largest absolute Gasteiger partial charge is 0.523 e. The van der Waals surface area contributed by atoms with Gasteiger partial charge >= 0.3 is 15.6 Å². The van der Waals surface area contributed by atoms with Crippen molar-refractivity contribution in [1.29, 1.82) is 0 Å². The van der Waals surface area contributed by atoms with Crippen LogP contribution < -0.4 is 0 Å². The number of ether oxygens (including phenoxy) is 3. The fraction of sp³-hybridized carbons (Fsp3) is 1.00. The molecule has 2 fully saturated rings. The van der Waals surface area contributed by atoms with E-state index in [1.165, 1.54) is 0 Å². The Morgan fingerprint density at radius 1 is 1.20 bits per heavy atom. The lowest BCUT2D eigenvalue weighted by Crippen LogP contribution is -2.53. The summed E-state index contributed by atoms with van der Waals surface area (Å²) in [5.41, 5.74) is -5.44. The molecule has 2 aliphatic rings. The summed E-state index contributed by atoms with van der Waals surface area (Å²) in [6, 6.07) is 0. The summed E-state index contributed by atoms with van der Waals surface area (Å²) in [7, 11) is -5.62. The molecule has 0 spiro atoms. The number of alkyl halides is 3. The topological polar surface area (TPSA) is 71.1 Å². The Morgan fingerprint density at radius 3 is 2.45 bits per heavy atom. The molecule has 0 amide bonds. The van der Waals surface area contributed by atoms with Crippen molar-refractivity contribution < 1.29 is 40.0 Å². The van der Waals surface area contributed by atoms with Crippen molar-refractivity contribution in [2.24, 2.45) is 0 Å². The molecule has 3 atom stereocenters. The SMILES string of the molecule is CC.O=S(=O)(OC1CCOC2COCOC21)C(F)(F)F. The Kier molecular flexibility index (Phi) is 6.20. The van der Waals surface area contributed by atoms with E-state index in [0.717, 1.165) is 0 Å². The van der Waals surface area contributed by atoms with Crippen molar-refractivity contribution in [3.8, 4) is 0 Å². The molecule has 0 N–H and O–H groups in total. The minimum Gasteiger partial charge on any atom is -0.373 e. The highest BCUT2D eigenvalue weighted by molar-refractivity contribution is 7.87. The number of fused-ring (bicyclic) bond motifs is 1. The molecular weight excluding hydrogens is 305 g/mol. The molecule has 0 aromatic rings. The molecule has 0 radical (unpaired) electrons. The van der Waals surface area contributed by atoms with Gasteiger partial charge in [-0.1, -0.05) is 13.8 Å². The van der Waals surface area contributed by atoms with E-state index in [2.05, 4.69) is 4.18 Å². The van der Waals surface area contributed by atoms with Crippen LogP contribution in [0.2, 0.25) is 0 Å². The Bertz CT molecular complexity index is 394. The predicted octanol–water partition coefficient (Wildman–Crippen LogP) is 1.41. The third-order valence-corrected chi connectivity index (χ3v) is 3.69. The first-order valence-electron chi connectivity index (χ1n) is 6.12. The molecule has 3 unspecified atom stereocenters. The van der Waals surface area contributed by atoms with Crippen molar-refractivity contribution in [2.45, 2.75) is 44.1 Å². The summed E-state index contributed by atoms with van der Waals surface area (Å²) in [6.45, 7) is 4.10. The van der Waals surface area contributed by atoms with Crippen LogP contribution in [-0.2, 0) is 28.5 Å². The summed E-state index contributed by atoms with van der Waals surface area (Å²) >= 11 is 0. The second-order valence-electron chi connectivity index (χ2n) is 3.85. The van der Waals surface area contributed by atoms with E-state index in [9.17, 15) is 21.6 Å². The number of halogens is 3. The monoisotopic (exact) mass is 322 g/mol. The van der Waals surface area contributed by atoms with E-state index < -0.39 is 33.9 Å². The van der Waals surface area contributed by atoms with E-state index in [-0.39, 0.29) is 26.4 Å². The van der Waals surface area contributed by atoms with Gasteiger partial charge in [0.15, 0.2) is 0 Å². The van der Waals surface area contributed by atoms with E-state index in [1.54, 1.807) is 0 Å². The zero-order chi connectivity index (χ0) is 15.4. The van der Waals surface area contributed by atoms with Gasteiger partial charge in [-0.05, 0) is 0 Å². The number of hydrogen-bond acceptors (Lipinski definition) is 6. The summed E-state index contributed by atoms with van der Waals surface area (Å²) in [5, 5.41) is 0. The van der Waals surface area contributed by atoms with Crippen molar-refractivity contribution in [2.75, 3.05) is 20.0 Å². The average molecular weight is 322 g/mol. The maximum atomic E-state index is 12.2. The van der Waals surface area contributed by atoms with Crippen LogP contribution in [0.5, 0.6) is 0 Å². The zero-order valence-electron chi connectivity index (χ0n) is 11.1. The Hall–Kier alpha value is -0.420. The first kappa shape index (κ1) is 17.6. The molecule has 2 rings (SSSR count). The predicted molar refractivity (Wildman–Crippen MR) is 61.2 cm³/mol. The molecular formula is C10H17F3O6S. The smallest absolute Gasteiger partial charge is 0.373 e. The van der Waals surface area contributed by atoms with Gasteiger partial charge in [-0.2, -0.15) is 21.6 Å². The van der Waals surface area contributed by atoms with E-state index in [1.807, 2.05) is 13.8 Å². The molecule has 0 saturated carbocycles. The van der Waals surface area contributed by atoms with Crippen molar-refractivity contribution in [1.82, 2.24) is 0 Å². The quantitative estimate of drug-likeness (QED) is 0.565. The molecule has 0 aliphatic carbocycles. The van der Waals surface area contributed by atoms with Gasteiger partial charge < -0.3 is 14.2 Å². The summed E-state index contributed by atoms with van der Waals surface area (Å²) < 4.78 is 77.8. The minimum absolute atomic E-state index is 0.0104. The van der Waals surface area contributed by atoms with Gasteiger partial charge in [-0.25, -0.2) is 0 Å². The lowest BCUT2D eigenvalue weighted by atomic mass is 10.0. The molecule has 20 heavy (non-hydrogen) atoms. The Morgan fingerprint density at radius 2 is 1.85 bits per heavy atom. The van der Waals surface area contributed by atoms with Gasteiger partial charge in [0.05, 0.1) is 6.61 Å². The average Bonchev–Trinajstić information content (AvgIpc) is 2.40. The third kappa shape index (κ3) is 4.04. The van der Waals surface area contributed by atoms with Crippen LogP contribution >= 0.6 is 0 Å². The van der Waals surface area contributed by atoms with Crippen molar-refractivity contribution in [3.05, 3.63) is 0 Å². The number of rotatable bonds is 2. The van der Waals surface area contributed by atoms with E-state index >= 15 is 0 Å². The van der Waals surface area contributed by atoms with Crippen LogP contribution in [0.15, 0.2) is 0 Å². The third-order valence-electron chi connectivity index (χ3n) is 2.63. The highest BCUT2D eigenvalue weighted by atomic mass is 32.2. The summed E-state index contributed by atoms with van der Waals surface area (Å²) in [4.78, 5) is 0. The Balaban J connectivity index is 0.000000956. The standard InChI is InChI=1S/C8H11F3O6S.C2H6/c9-8(10,11)18(12,13)17-5-1-2-15-6-3-14-4-16-7(5)6;1-2/h5-7H,1-4H2;1-2H3. The fourth-order valence-electron chi connectivity index (χ4n) is 1.80. The molecule has 0 aromatic heterocycles. The van der Waals surface area contributed by atoms with Gasteiger partial charge in [0.1, 0.15) is 25.1 Å². The lowest BCUT2D eigenvalue weighted by Gasteiger charge is -2.39. The normalized spacial score (nSPS) is 30.9. The van der Waals surface area contributed by atoms with Crippen LogP contribution in [-0.4, -0.2) is 52.2 Å². The van der Waals surface area contributed by atoms with Crippen molar-refractivity contribution in [3.63, 3.8) is 0 Å². The zero-order valence-corrected chi connectivity index (χ0v) is 11.9. The van der Waals surface area contributed by atoms with E-state index in [0.29, 0.717) is 0 Å². The summed E-state index contributed by atoms with van der Waals surface area (Å²) in [6.07, 6.45) is -2.68. The van der Waals surface area contributed by atoms with E-state index in [4.69, 9.17) is 14.2 Å². The highest BCUT2D eigenvalue weighted by Crippen LogP contribution is 2.31. The van der Waals surface area contributed by atoms with Gasteiger partial charge in [-0.15, -0.1) is 0 Å². The maximum absolute atomic E-state index is 12.2. The molecule has 2 saturated heterocycles. The van der Waals surface area contributed by atoms with Crippen LogP contribution in [0, 0.1) is 0 Å². The molecule has 2 aliphatic heterocycles. The van der Waals surface area contributed by atoms with Crippen LogP contribution in [0.1, 0.15) is 20.3 Å². The van der Waals surface area contributed by atoms with Crippen LogP contribution in [0.4, 0.5) is 13.2 Å². The first-order chi connectivity index (χ1) is 9.31. The molecule has 120 valence electrons. The molecule has 2 heterocycles. The summed E-state index contributed by atoms with van der Waals surface area (Å²) in [5.74, 6) is 0. The molecule has 10 heteroatoms. The molecule has 0 bridgehead atoms. The Labute approximate surface area is 115 Å². The van der Waals surface area contributed by atoms with Gasteiger partial charge in [0.25, 0.3) is 0 Å². The van der Waals surface area contributed by atoms with Gasteiger partial charge in [0.2, 0.25) is 0 Å². The first-order valence-corrected chi connectivity index (χ1v) is 7.52. The second-order valence-corrected chi connectivity index (χ2v) is 5.42. The highest BCUT2D eigenvalue weighted by Gasteiger charge is 2.51. The maximum Gasteiger partial charge on any atom is 0.523 e. The van der Waals surface area contributed by atoms with Crippen LogP contribution in [0.3, 0.4) is 0 Å². The van der Waals surface area contributed by atoms with Gasteiger partial charge in [0, 0.05) is 13.0 Å². The number of hydrogen-bond donors (Lipinski definition) is 0. The fourth-order valence-corrected chi connectivity index (χ4v) is 2.44. The van der Waals surface area contributed by atoms with Crippen molar-refractivity contribution >= 4 is 10.1 Å². The minimum atomic E-state index is -5.62. The van der Waals surface area contributed by atoms with Gasteiger partial charge in [-0.3, -0.25) is 4.18 Å². The van der Waals surface area contributed by atoms with Crippen LogP contribution in [0.25, 0.3) is 0 Å². The lowest BCUT2D eigenvalue weighted by molar-refractivity contribution is -0.248. The molecule has 6 nitrogen and oxygen atoms in total.